The van der Waals surface area contributed by atoms with E-state index in [4.69, 9.17) is 4.84 Å². The van der Waals surface area contributed by atoms with E-state index in [9.17, 15) is 9.18 Å². The van der Waals surface area contributed by atoms with Crippen molar-refractivity contribution in [2.45, 2.75) is 0 Å². The number of carbonyl (C=O) groups excluding carboxylic acids is 1. The van der Waals surface area contributed by atoms with Gasteiger partial charge in [-0.05, 0) is 28.6 Å². The van der Waals surface area contributed by atoms with Crippen LogP contribution >= 0.6 is 0 Å². The Morgan fingerprint density at radius 1 is 1.23 bits per heavy atom. The first kappa shape index (κ1) is 17.2. The Morgan fingerprint density at radius 2 is 2.04 bits per heavy atom. The van der Waals surface area contributed by atoms with Gasteiger partial charge in [-0.25, -0.2) is 9.07 Å². The predicted octanol–water partition coefficient (Wildman–Crippen LogP) is 1.76. The summed E-state index contributed by atoms with van der Waals surface area (Å²) in [5.74, 6) is -0.521. The molecule has 1 amide bonds. The number of amides is 1. The second kappa shape index (κ2) is 7.97. The second-order valence-electron chi connectivity index (χ2n) is 5.26. The summed E-state index contributed by atoms with van der Waals surface area (Å²) in [6.45, 7) is -0.349. The van der Waals surface area contributed by atoms with Crippen LogP contribution in [0.15, 0.2) is 59.8 Å². The minimum absolute atomic E-state index is 0.336. The van der Waals surface area contributed by atoms with Gasteiger partial charge in [-0.2, -0.15) is 0 Å². The second-order valence-corrected chi connectivity index (χ2v) is 5.26. The monoisotopic (exact) mass is 354 g/mol. The van der Waals surface area contributed by atoms with Crippen molar-refractivity contribution in [2.75, 3.05) is 11.9 Å². The standard InChI is InChI=1S/C17H15FN6O2/c1-24-17(20-22-23-24)16(12-6-3-2-4-7-12)21-26-11-15(25)19-14-9-5-8-13(18)10-14/h2-10H,11H2,1H3,(H,19,25)/b21-16-. The number of nitrogens with zero attached hydrogens (tertiary/aromatic N) is 5. The molecule has 2 aromatic carbocycles. The van der Waals surface area contributed by atoms with Gasteiger partial charge in [0.25, 0.3) is 5.91 Å². The number of benzene rings is 2. The lowest BCUT2D eigenvalue weighted by molar-refractivity contribution is -0.120. The summed E-state index contributed by atoms with van der Waals surface area (Å²) in [6, 6.07) is 14.8. The van der Waals surface area contributed by atoms with Crippen molar-refractivity contribution in [3.63, 3.8) is 0 Å². The Labute approximate surface area is 148 Å². The predicted molar refractivity (Wildman–Crippen MR) is 91.9 cm³/mol. The van der Waals surface area contributed by atoms with Crippen LogP contribution in [0.4, 0.5) is 10.1 Å². The highest BCUT2D eigenvalue weighted by Crippen LogP contribution is 2.10. The van der Waals surface area contributed by atoms with Crippen molar-refractivity contribution in [1.82, 2.24) is 20.2 Å². The zero-order valence-corrected chi connectivity index (χ0v) is 13.8. The number of carbonyl (C=O) groups is 1. The minimum Gasteiger partial charge on any atom is -0.385 e. The molecule has 1 N–H and O–H groups in total. The SMILES string of the molecule is Cn1nnnc1/C(=N\OCC(=O)Nc1cccc(F)c1)c1ccccc1. The zero-order chi connectivity index (χ0) is 18.4. The largest absolute Gasteiger partial charge is 0.385 e. The molecule has 0 atom stereocenters. The van der Waals surface area contributed by atoms with Gasteiger partial charge in [0.15, 0.2) is 12.3 Å². The van der Waals surface area contributed by atoms with Gasteiger partial charge in [0.2, 0.25) is 5.82 Å². The Kier molecular flexibility index (Phi) is 5.28. The van der Waals surface area contributed by atoms with Crippen molar-refractivity contribution < 1.29 is 14.0 Å². The Hall–Kier alpha value is -3.62. The first-order valence-electron chi connectivity index (χ1n) is 7.67. The highest BCUT2D eigenvalue weighted by atomic mass is 19.1. The quantitative estimate of drug-likeness (QED) is 0.538. The van der Waals surface area contributed by atoms with Gasteiger partial charge in [0, 0.05) is 18.3 Å². The average Bonchev–Trinajstić information content (AvgIpc) is 3.05. The summed E-state index contributed by atoms with van der Waals surface area (Å²) in [4.78, 5) is 17.1. The molecule has 132 valence electrons. The third kappa shape index (κ3) is 4.26. The molecular formula is C17H15FN6O2. The highest BCUT2D eigenvalue weighted by Gasteiger charge is 2.15. The van der Waals surface area contributed by atoms with Gasteiger partial charge < -0.3 is 10.2 Å². The molecular weight excluding hydrogens is 339 g/mol. The molecule has 1 heterocycles. The van der Waals surface area contributed by atoms with Gasteiger partial charge in [-0.1, -0.05) is 41.6 Å². The van der Waals surface area contributed by atoms with Crippen LogP contribution < -0.4 is 5.32 Å². The molecule has 0 bridgehead atoms. The summed E-state index contributed by atoms with van der Waals surface area (Å²) >= 11 is 0. The molecule has 0 saturated heterocycles. The van der Waals surface area contributed by atoms with E-state index in [1.54, 1.807) is 13.1 Å². The lowest BCUT2D eigenvalue weighted by Gasteiger charge is -2.07. The molecule has 0 aliphatic rings. The van der Waals surface area contributed by atoms with Gasteiger partial charge in [0.05, 0.1) is 0 Å². The molecule has 0 aliphatic carbocycles. The maximum atomic E-state index is 13.1. The van der Waals surface area contributed by atoms with Crippen molar-refractivity contribution in [2.24, 2.45) is 12.2 Å². The molecule has 3 aromatic rings. The van der Waals surface area contributed by atoms with Crippen LogP contribution in [0.5, 0.6) is 0 Å². The lowest BCUT2D eigenvalue weighted by atomic mass is 10.1. The molecule has 26 heavy (non-hydrogen) atoms. The lowest BCUT2D eigenvalue weighted by Crippen LogP contribution is -2.18. The Bertz CT molecular complexity index is 926. The number of hydrogen-bond acceptors (Lipinski definition) is 6. The van der Waals surface area contributed by atoms with E-state index >= 15 is 0 Å². The molecule has 0 unspecified atom stereocenters. The number of hydrogen-bond donors (Lipinski definition) is 1. The fourth-order valence-electron chi connectivity index (χ4n) is 2.17. The van der Waals surface area contributed by atoms with E-state index in [2.05, 4.69) is 26.0 Å². The fraction of sp³-hybridized carbons (Fsp3) is 0.118. The number of anilines is 1. The maximum Gasteiger partial charge on any atom is 0.265 e. The van der Waals surface area contributed by atoms with Gasteiger partial charge in [0.1, 0.15) is 5.82 Å². The van der Waals surface area contributed by atoms with Gasteiger partial charge in [-0.15, -0.1) is 5.10 Å². The number of oxime groups is 1. The summed E-state index contributed by atoms with van der Waals surface area (Å²) < 4.78 is 14.6. The van der Waals surface area contributed by atoms with Crippen molar-refractivity contribution in [3.8, 4) is 0 Å². The maximum absolute atomic E-state index is 13.1. The van der Waals surface area contributed by atoms with Crippen LogP contribution in [-0.4, -0.2) is 38.4 Å². The van der Waals surface area contributed by atoms with Crippen molar-refractivity contribution in [3.05, 3.63) is 71.8 Å². The van der Waals surface area contributed by atoms with Crippen molar-refractivity contribution in [1.29, 1.82) is 0 Å². The number of aromatic nitrogens is 4. The van der Waals surface area contributed by atoms with Gasteiger partial charge in [-0.3, -0.25) is 4.79 Å². The number of nitrogens with one attached hydrogen (secondary N) is 1. The van der Waals surface area contributed by atoms with E-state index < -0.39 is 11.7 Å². The summed E-state index contributed by atoms with van der Waals surface area (Å²) in [5.41, 5.74) is 1.45. The van der Waals surface area contributed by atoms with Crippen LogP contribution in [0.2, 0.25) is 0 Å². The molecule has 0 aliphatic heterocycles. The molecule has 0 saturated carbocycles. The summed E-state index contributed by atoms with van der Waals surface area (Å²) in [6.07, 6.45) is 0. The van der Waals surface area contributed by atoms with E-state index in [-0.39, 0.29) is 6.61 Å². The first-order valence-corrected chi connectivity index (χ1v) is 7.67. The average molecular weight is 354 g/mol. The molecule has 8 nitrogen and oxygen atoms in total. The highest BCUT2D eigenvalue weighted by molar-refractivity contribution is 6.10. The molecule has 0 radical (unpaired) electrons. The number of tetrazole rings is 1. The number of rotatable bonds is 6. The number of halogens is 1. The fourth-order valence-corrected chi connectivity index (χ4v) is 2.17. The minimum atomic E-state index is -0.470. The summed E-state index contributed by atoms with van der Waals surface area (Å²) in [7, 11) is 1.67. The molecule has 0 spiro atoms. The smallest absolute Gasteiger partial charge is 0.265 e. The molecule has 9 heteroatoms. The van der Waals surface area contributed by atoms with Crippen molar-refractivity contribution >= 4 is 17.3 Å². The van der Waals surface area contributed by atoms with E-state index in [1.165, 1.54) is 22.9 Å². The summed E-state index contributed by atoms with van der Waals surface area (Å²) in [5, 5.41) is 17.8. The van der Waals surface area contributed by atoms with E-state index in [0.717, 1.165) is 5.56 Å². The normalized spacial score (nSPS) is 11.2. The van der Waals surface area contributed by atoms with E-state index in [1.807, 2.05) is 30.3 Å². The Balaban J connectivity index is 1.71. The molecule has 3 rings (SSSR count). The van der Waals surface area contributed by atoms with Crippen LogP contribution in [0, 0.1) is 5.82 Å². The van der Waals surface area contributed by atoms with Crippen LogP contribution in [-0.2, 0) is 16.7 Å². The third-order valence-electron chi connectivity index (χ3n) is 3.34. The molecule has 0 fully saturated rings. The third-order valence-corrected chi connectivity index (χ3v) is 3.34. The topological polar surface area (TPSA) is 94.3 Å². The zero-order valence-electron chi connectivity index (χ0n) is 13.8. The molecule has 1 aromatic heterocycles. The van der Waals surface area contributed by atoms with E-state index in [0.29, 0.717) is 17.2 Å². The van der Waals surface area contributed by atoms with Crippen LogP contribution in [0.25, 0.3) is 0 Å². The van der Waals surface area contributed by atoms with Gasteiger partial charge >= 0.3 is 0 Å². The van der Waals surface area contributed by atoms with Crippen LogP contribution in [0.3, 0.4) is 0 Å². The van der Waals surface area contributed by atoms with Crippen LogP contribution in [0.1, 0.15) is 11.4 Å². The Morgan fingerprint density at radius 3 is 2.73 bits per heavy atom. The first-order chi connectivity index (χ1) is 12.6. The number of aryl methyl sites for hydroxylation is 1.